The Morgan fingerprint density at radius 1 is 1.10 bits per heavy atom. The molecule has 3 aromatic rings. The van der Waals surface area contributed by atoms with Crippen LogP contribution in [0.5, 0.6) is 0 Å². The van der Waals surface area contributed by atoms with Crippen LogP contribution in [0.4, 0.5) is 11.4 Å². The summed E-state index contributed by atoms with van der Waals surface area (Å²) < 4.78 is 0. The molecule has 0 bridgehead atoms. The maximum absolute atomic E-state index is 12.8. The summed E-state index contributed by atoms with van der Waals surface area (Å²) in [6.07, 6.45) is 3.81. The lowest BCUT2D eigenvalue weighted by atomic mass is 10.0. The predicted molar refractivity (Wildman–Crippen MR) is 119 cm³/mol. The second kappa shape index (κ2) is 8.39. The summed E-state index contributed by atoms with van der Waals surface area (Å²) in [5.74, 6) is 0.109. The highest BCUT2D eigenvalue weighted by molar-refractivity contribution is 6.31. The summed E-state index contributed by atoms with van der Waals surface area (Å²) in [4.78, 5) is 21.4. The van der Waals surface area contributed by atoms with Crippen molar-refractivity contribution in [3.8, 4) is 0 Å². The third-order valence-corrected chi connectivity index (χ3v) is 5.83. The van der Waals surface area contributed by atoms with E-state index in [2.05, 4.69) is 29.3 Å². The Hall–Kier alpha value is -2.63. The van der Waals surface area contributed by atoms with E-state index in [-0.39, 0.29) is 5.91 Å². The van der Waals surface area contributed by atoms with Crippen LogP contribution >= 0.6 is 11.6 Å². The lowest BCUT2D eigenvalue weighted by Gasteiger charge is -2.35. The average Bonchev–Trinajstić information content (AvgIpc) is 2.74. The zero-order valence-electron chi connectivity index (χ0n) is 16.7. The molecule has 0 spiro atoms. The number of fused-ring (bicyclic) bond motifs is 1. The number of hydrogen-bond acceptors (Lipinski definition) is 4. The number of amides is 1. The molecule has 150 valence electrons. The van der Waals surface area contributed by atoms with Crippen LogP contribution in [0.3, 0.4) is 0 Å². The topological polar surface area (TPSA) is 48.5 Å². The summed E-state index contributed by atoms with van der Waals surface area (Å²) >= 11 is 6.07. The molecule has 1 aliphatic rings. The first-order valence-electron chi connectivity index (χ1n) is 9.88. The maximum Gasteiger partial charge on any atom is 0.253 e. The van der Waals surface area contributed by atoms with E-state index in [4.69, 9.17) is 11.6 Å². The summed E-state index contributed by atoms with van der Waals surface area (Å²) in [6, 6.07) is 15.8. The molecule has 1 N–H and O–H groups in total. The third kappa shape index (κ3) is 4.36. The van der Waals surface area contributed by atoms with Gasteiger partial charge in [0.2, 0.25) is 0 Å². The number of carbonyl (C=O) groups excluding carboxylic acids is 1. The van der Waals surface area contributed by atoms with Gasteiger partial charge in [0.05, 0.1) is 5.52 Å². The zero-order valence-corrected chi connectivity index (χ0v) is 17.5. The second-order valence-electron chi connectivity index (χ2n) is 7.71. The van der Waals surface area contributed by atoms with Gasteiger partial charge in [-0.3, -0.25) is 9.78 Å². The average molecular weight is 409 g/mol. The van der Waals surface area contributed by atoms with Gasteiger partial charge >= 0.3 is 0 Å². The van der Waals surface area contributed by atoms with E-state index in [0.717, 1.165) is 53.8 Å². The maximum atomic E-state index is 12.8. The van der Waals surface area contributed by atoms with Gasteiger partial charge in [-0.1, -0.05) is 11.6 Å². The van der Waals surface area contributed by atoms with E-state index in [9.17, 15) is 4.79 Å². The highest BCUT2D eigenvalue weighted by Gasteiger charge is 2.24. The first-order valence-corrected chi connectivity index (χ1v) is 10.3. The third-order valence-electron chi connectivity index (χ3n) is 5.60. The molecule has 1 fully saturated rings. The van der Waals surface area contributed by atoms with Crippen LogP contribution in [0.25, 0.3) is 10.9 Å². The largest absolute Gasteiger partial charge is 0.355 e. The minimum Gasteiger partial charge on any atom is -0.355 e. The van der Waals surface area contributed by atoms with Crippen molar-refractivity contribution in [2.45, 2.75) is 18.9 Å². The first kappa shape index (κ1) is 19.7. The van der Waals surface area contributed by atoms with E-state index in [0.29, 0.717) is 11.1 Å². The van der Waals surface area contributed by atoms with Crippen LogP contribution in [0.2, 0.25) is 5.02 Å². The summed E-state index contributed by atoms with van der Waals surface area (Å²) in [5, 5.41) is 5.08. The van der Waals surface area contributed by atoms with E-state index < -0.39 is 0 Å². The monoisotopic (exact) mass is 408 g/mol. The Morgan fingerprint density at radius 3 is 2.52 bits per heavy atom. The fourth-order valence-corrected chi connectivity index (χ4v) is 4.02. The van der Waals surface area contributed by atoms with Gasteiger partial charge in [-0.25, -0.2) is 0 Å². The van der Waals surface area contributed by atoms with Gasteiger partial charge in [-0.05, 0) is 75.5 Å². The molecule has 2 heterocycles. The molecule has 0 atom stereocenters. The predicted octanol–water partition coefficient (Wildman–Crippen LogP) is 4.80. The van der Waals surface area contributed by atoms with E-state index in [1.165, 1.54) is 0 Å². The molecule has 2 aromatic carbocycles. The van der Waals surface area contributed by atoms with Crippen LogP contribution in [0.15, 0.2) is 54.7 Å². The van der Waals surface area contributed by atoms with E-state index in [1.807, 2.05) is 53.4 Å². The van der Waals surface area contributed by atoms with Gasteiger partial charge in [-0.2, -0.15) is 0 Å². The van der Waals surface area contributed by atoms with Crippen LogP contribution in [-0.4, -0.2) is 53.9 Å². The highest BCUT2D eigenvalue weighted by Crippen LogP contribution is 2.27. The summed E-state index contributed by atoms with van der Waals surface area (Å²) in [6.45, 7) is 1.63. The smallest absolute Gasteiger partial charge is 0.253 e. The van der Waals surface area contributed by atoms with Crippen molar-refractivity contribution in [3.63, 3.8) is 0 Å². The molecule has 0 saturated carbocycles. The number of aromatic nitrogens is 1. The Morgan fingerprint density at radius 2 is 1.83 bits per heavy atom. The number of pyridine rings is 1. The van der Waals surface area contributed by atoms with Crippen molar-refractivity contribution in [3.05, 3.63) is 65.3 Å². The normalized spacial score (nSPS) is 15.1. The Labute approximate surface area is 176 Å². The quantitative estimate of drug-likeness (QED) is 0.673. The molecular weight excluding hydrogens is 384 g/mol. The summed E-state index contributed by atoms with van der Waals surface area (Å²) in [5.41, 5.74) is 3.45. The van der Waals surface area contributed by atoms with Crippen molar-refractivity contribution in [1.29, 1.82) is 0 Å². The standard InChI is InChI=1S/C23H25ClN4O/c1-27(2)19-10-13-28(14-11-19)23(29)16-3-6-18(7-4-16)26-21-9-12-25-22-15-17(24)5-8-20(21)22/h3-9,12,15,19H,10-11,13-14H2,1-2H3,(H,25,26). The molecular formula is C23H25ClN4O. The minimum atomic E-state index is 0.109. The number of rotatable bonds is 4. The SMILES string of the molecule is CN(C)C1CCN(C(=O)c2ccc(Nc3ccnc4cc(Cl)ccc34)cc2)CC1. The molecule has 1 amide bonds. The fraction of sp³-hybridized carbons (Fsp3) is 0.304. The van der Waals surface area contributed by atoms with Gasteiger partial charge in [0, 0.05) is 52.7 Å². The lowest BCUT2D eigenvalue weighted by molar-refractivity contribution is 0.0663. The number of likely N-dealkylation sites (tertiary alicyclic amines) is 1. The van der Waals surface area contributed by atoms with E-state index >= 15 is 0 Å². The van der Waals surface area contributed by atoms with Crippen LogP contribution in [0.1, 0.15) is 23.2 Å². The number of benzene rings is 2. The Kier molecular flexibility index (Phi) is 5.69. The highest BCUT2D eigenvalue weighted by atomic mass is 35.5. The minimum absolute atomic E-state index is 0.109. The number of piperidine rings is 1. The van der Waals surface area contributed by atoms with Crippen molar-refractivity contribution in [1.82, 2.24) is 14.8 Å². The van der Waals surface area contributed by atoms with Gasteiger partial charge < -0.3 is 15.1 Å². The molecule has 0 unspecified atom stereocenters. The fourth-order valence-electron chi connectivity index (χ4n) is 3.85. The first-order chi connectivity index (χ1) is 14.0. The van der Waals surface area contributed by atoms with Crippen LogP contribution in [-0.2, 0) is 0 Å². The Bertz CT molecular complexity index is 1010. The zero-order chi connectivity index (χ0) is 20.4. The van der Waals surface area contributed by atoms with Gasteiger partial charge in [-0.15, -0.1) is 0 Å². The molecule has 29 heavy (non-hydrogen) atoms. The van der Waals surface area contributed by atoms with Crippen LogP contribution in [0, 0.1) is 0 Å². The molecule has 0 aliphatic carbocycles. The molecule has 1 saturated heterocycles. The van der Waals surface area contributed by atoms with Crippen molar-refractivity contribution in [2.24, 2.45) is 0 Å². The van der Waals surface area contributed by atoms with Crippen molar-refractivity contribution >= 4 is 39.8 Å². The Balaban J connectivity index is 1.45. The number of nitrogens with zero attached hydrogens (tertiary/aromatic N) is 3. The van der Waals surface area contributed by atoms with Crippen molar-refractivity contribution < 1.29 is 4.79 Å². The van der Waals surface area contributed by atoms with E-state index in [1.54, 1.807) is 6.20 Å². The molecule has 1 aromatic heterocycles. The number of halogens is 1. The number of hydrogen-bond donors (Lipinski definition) is 1. The summed E-state index contributed by atoms with van der Waals surface area (Å²) in [7, 11) is 4.21. The van der Waals surface area contributed by atoms with Crippen molar-refractivity contribution in [2.75, 3.05) is 32.5 Å². The van der Waals surface area contributed by atoms with Crippen LogP contribution < -0.4 is 5.32 Å². The molecule has 6 heteroatoms. The molecule has 4 rings (SSSR count). The number of anilines is 2. The second-order valence-corrected chi connectivity index (χ2v) is 8.15. The van der Waals surface area contributed by atoms with Gasteiger partial charge in [0.1, 0.15) is 0 Å². The number of carbonyl (C=O) groups is 1. The lowest BCUT2D eigenvalue weighted by Crippen LogP contribution is -2.44. The molecule has 0 radical (unpaired) electrons. The van der Waals surface area contributed by atoms with Gasteiger partial charge in [0.15, 0.2) is 0 Å². The number of nitrogens with one attached hydrogen (secondary N) is 1. The molecule has 5 nitrogen and oxygen atoms in total. The molecule has 1 aliphatic heterocycles. The van der Waals surface area contributed by atoms with Gasteiger partial charge in [0.25, 0.3) is 5.91 Å².